The maximum atomic E-state index is 12.8. The molecule has 1 unspecified atom stereocenters. The lowest BCUT2D eigenvalue weighted by Gasteiger charge is -2.66. The summed E-state index contributed by atoms with van der Waals surface area (Å²) in [5.41, 5.74) is 0.149. The van der Waals surface area contributed by atoms with Crippen molar-refractivity contribution in [2.45, 2.75) is 123 Å². The molecule has 4 aliphatic rings. The van der Waals surface area contributed by atoms with Gasteiger partial charge in [-0.1, -0.05) is 27.7 Å². The van der Waals surface area contributed by atoms with Crippen molar-refractivity contribution >= 4 is 0 Å². The van der Waals surface area contributed by atoms with Gasteiger partial charge in [-0.05, 0) is 123 Å². The molecular formula is C27H45F3O2. The van der Waals surface area contributed by atoms with Crippen molar-refractivity contribution in [1.29, 1.82) is 0 Å². The van der Waals surface area contributed by atoms with Gasteiger partial charge in [0.1, 0.15) is 6.10 Å². The smallest absolute Gasteiger partial charge is 0.390 e. The van der Waals surface area contributed by atoms with Gasteiger partial charge < -0.3 is 10.2 Å². The van der Waals surface area contributed by atoms with E-state index >= 15 is 0 Å². The van der Waals surface area contributed by atoms with Crippen LogP contribution in [0.5, 0.6) is 0 Å². The van der Waals surface area contributed by atoms with E-state index in [1.54, 1.807) is 0 Å². The normalized spacial score (nSPS) is 50.8. The minimum absolute atomic E-state index is 0.176. The summed E-state index contributed by atoms with van der Waals surface area (Å²) in [5.74, 6) is 2.77. The third-order valence-corrected chi connectivity index (χ3v) is 11.7. The second-order valence-electron chi connectivity index (χ2n) is 13.4. The lowest BCUT2D eigenvalue weighted by atomic mass is 9.39. The van der Waals surface area contributed by atoms with Gasteiger partial charge in [0.2, 0.25) is 0 Å². The number of halogens is 3. The molecule has 0 aliphatic heterocycles. The van der Waals surface area contributed by atoms with E-state index in [0.717, 1.165) is 25.7 Å². The Labute approximate surface area is 192 Å². The monoisotopic (exact) mass is 458 g/mol. The minimum Gasteiger partial charge on any atom is -0.390 e. The zero-order valence-corrected chi connectivity index (χ0v) is 20.8. The topological polar surface area (TPSA) is 40.5 Å². The zero-order chi connectivity index (χ0) is 23.7. The largest absolute Gasteiger partial charge is 0.414 e. The van der Waals surface area contributed by atoms with Crippen molar-refractivity contribution in [2.24, 2.45) is 45.8 Å². The van der Waals surface area contributed by atoms with E-state index in [1.807, 2.05) is 6.92 Å². The lowest BCUT2D eigenvalue weighted by molar-refractivity contribution is -0.207. The van der Waals surface area contributed by atoms with E-state index in [9.17, 15) is 23.4 Å². The molecule has 2 nitrogen and oxygen atoms in total. The standard InChI is InChI=1S/C27H45F3O2/c1-17(6-9-22(31)27(28,29)30)19-7-8-20-18-10-12-23(2)16-24(3,32)14-15-26(23,5)21(18)11-13-25(19,20)4/h17-22,31-32H,6-16H2,1-5H3/t17-,18+,19-,20+,21+,22+,23+,24+,25-,26?/m1/s1. The average Bonchev–Trinajstić information content (AvgIpc) is 3.03. The van der Waals surface area contributed by atoms with Crippen molar-refractivity contribution in [2.75, 3.05) is 0 Å². The molecule has 0 aromatic carbocycles. The zero-order valence-electron chi connectivity index (χ0n) is 20.8. The second-order valence-corrected chi connectivity index (χ2v) is 13.4. The lowest BCUT2D eigenvalue weighted by Crippen LogP contribution is -2.60. The first-order chi connectivity index (χ1) is 14.6. The predicted octanol–water partition coefficient (Wildman–Crippen LogP) is 7.13. The number of rotatable bonds is 4. The fraction of sp³-hybridized carbons (Fsp3) is 1.00. The summed E-state index contributed by atoms with van der Waals surface area (Å²) in [6.07, 6.45) is 3.64. The highest BCUT2D eigenvalue weighted by atomic mass is 19.4. The maximum absolute atomic E-state index is 12.8. The van der Waals surface area contributed by atoms with Crippen LogP contribution in [0.15, 0.2) is 0 Å². The summed E-state index contributed by atoms with van der Waals surface area (Å²) >= 11 is 0. The van der Waals surface area contributed by atoms with Gasteiger partial charge in [-0.3, -0.25) is 0 Å². The predicted molar refractivity (Wildman–Crippen MR) is 121 cm³/mol. The van der Waals surface area contributed by atoms with E-state index in [2.05, 4.69) is 27.7 Å². The van der Waals surface area contributed by atoms with Gasteiger partial charge in [0, 0.05) is 0 Å². The van der Waals surface area contributed by atoms with Crippen molar-refractivity contribution in [3.8, 4) is 0 Å². The van der Waals surface area contributed by atoms with Crippen LogP contribution in [0.3, 0.4) is 0 Å². The Hall–Kier alpha value is -0.290. The summed E-state index contributed by atoms with van der Waals surface area (Å²) in [5, 5.41) is 20.3. The van der Waals surface area contributed by atoms with Gasteiger partial charge in [-0.25, -0.2) is 0 Å². The highest BCUT2D eigenvalue weighted by Crippen LogP contribution is 2.72. The Morgan fingerprint density at radius 3 is 2.22 bits per heavy atom. The third kappa shape index (κ3) is 3.85. The molecule has 32 heavy (non-hydrogen) atoms. The number of alkyl halides is 3. The Morgan fingerprint density at radius 2 is 1.56 bits per heavy atom. The molecule has 4 rings (SSSR count). The van der Waals surface area contributed by atoms with Gasteiger partial charge >= 0.3 is 6.18 Å². The summed E-state index contributed by atoms with van der Waals surface area (Å²) in [7, 11) is 0. The van der Waals surface area contributed by atoms with E-state index in [0.29, 0.717) is 30.1 Å². The molecule has 0 radical (unpaired) electrons. The van der Waals surface area contributed by atoms with Crippen molar-refractivity contribution < 1.29 is 23.4 Å². The molecule has 4 saturated carbocycles. The van der Waals surface area contributed by atoms with Crippen LogP contribution < -0.4 is 0 Å². The van der Waals surface area contributed by atoms with Crippen molar-refractivity contribution in [3.05, 3.63) is 0 Å². The first kappa shape index (κ1) is 24.8. The van der Waals surface area contributed by atoms with Crippen LogP contribution >= 0.6 is 0 Å². The van der Waals surface area contributed by atoms with Gasteiger partial charge in [0.05, 0.1) is 5.60 Å². The molecule has 186 valence electrons. The minimum atomic E-state index is -4.51. The van der Waals surface area contributed by atoms with Crippen molar-refractivity contribution in [1.82, 2.24) is 0 Å². The Balaban J connectivity index is 1.48. The summed E-state index contributed by atoms with van der Waals surface area (Å²) in [4.78, 5) is 0. The van der Waals surface area contributed by atoms with Crippen LogP contribution in [0.1, 0.15) is 105 Å². The van der Waals surface area contributed by atoms with Crippen LogP contribution in [0, 0.1) is 45.8 Å². The van der Waals surface area contributed by atoms with E-state index in [1.165, 1.54) is 32.1 Å². The highest BCUT2D eigenvalue weighted by molar-refractivity contribution is 5.13. The number of hydrogen-bond donors (Lipinski definition) is 2. The number of aliphatic hydroxyl groups is 2. The second kappa shape index (κ2) is 7.86. The fourth-order valence-electron chi connectivity index (χ4n) is 9.70. The van der Waals surface area contributed by atoms with Gasteiger partial charge in [-0.2, -0.15) is 13.2 Å². The molecular weight excluding hydrogens is 413 g/mol. The molecule has 10 atom stereocenters. The van der Waals surface area contributed by atoms with Gasteiger partial charge in [-0.15, -0.1) is 0 Å². The molecule has 0 aromatic rings. The first-order valence-corrected chi connectivity index (χ1v) is 13.1. The third-order valence-electron chi connectivity index (χ3n) is 11.7. The number of hydrogen-bond acceptors (Lipinski definition) is 2. The maximum Gasteiger partial charge on any atom is 0.414 e. The van der Waals surface area contributed by atoms with Crippen LogP contribution in [-0.4, -0.2) is 28.1 Å². The number of fused-ring (bicyclic) bond motifs is 5. The molecule has 0 aromatic heterocycles. The average molecular weight is 459 g/mol. The molecule has 0 bridgehead atoms. The Bertz CT molecular complexity index is 706. The molecule has 4 fully saturated rings. The SMILES string of the molecule is C[C@H](CC[C@H](O)C(F)(F)F)[C@H]1CC[C@H]2[C@@H]3CC[C@@]4(C)C[C@@](C)(O)CCC4(C)[C@H]3CC[C@]12C. The van der Waals surface area contributed by atoms with Gasteiger partial charge in [0.25, 0.3) is 0 Å². The Kier molecular flexibility index (Phi) is 6.10. The fourth-order valence-corrected chi connectivity index (χ4v) is 9.70. The summed E-state index contributed by atoms with van der Waals surface area (Å²) < 4.78 is 38.4. The van der Waals surface area contributed by atoms with Crippen LogP contribution in [-0.2, 0) is 0 Å². The number of aliphatic hydroxyl groups excluding tert-OH is 1. The molecule has 5 heteroatoms. The van der Waals surface area contributed by atoms with E-state index in [4.69, 9.17) is 0 Å². The molecule has 0 saturated heterocycles. The summed E-state index contributed by atoms with van der Waals surface area (Å²) in [6.45, 7) is 11.5. The van der Waals surface area contributed by atoms with E-state index < -0.39 is 17.9 Å². The molecule has 0 spiro atoms. The van der Waals surface area contributed by atoms with Crippen LogP contribution in [0.25, 0.3) is 0 Å². The quantitative estimate of drug-likeness (QED) is 0.471. The van der Waals surface area contributed by atoms with Gasteiger partial charge in [0.15, 0.2) is 0 Å². The molecule has 0 heterocycles. The van der Waals surface area contributed by atoms with Crippen molar-refractivity contribution in [3.63, 3.8) is 0 Å². The van der Waals surface area contributed by atoms with Crippen LogP contribution in [0.2, 0.25) is 0 Å². The van der Waals surface area contributed by atoms with Crippen LogP contribution in [0.4, 0.5) is 13.2 Å². The first-order valence-electron chi connectivity index (χ1n) is 13.1. The Morgan fingerprint density at radius 1 is 0.875 bits per heavy atom. The molecule has 4 aliphatic carbocycles. The molecule has 2 N–H and O–H groups in total. The highest BCUT2D eigenvalue weighted by Gasteiger charge is 2.64. The summed E-state index contributed by atoms with van der Waals surface area (Å²) in [6, 6.07) is 0. The van der Waals surface area contributed by atoms with E-state index in [-0.39, 0.29) is 28.6 Å². The molecule has 0 amide bonds.